The molecule has 3 aromatic heterocycles. The predicted octanol–water partition coefficient (Wildman–Crippen LogP) is 5.14. The third kappa shape index (κ3) is 5.14. The molecule has 1 aliphatic carbocycles. The molecule has 1 aliphatic rings. The smallest absolute Gasteiger partial charge is 0.166 e. The molecule has 0 fully saturated rings. The van der Waals surface area contributed by atoms with Crippen LogP contribution in [0, 0.1) is 0 Å². The largest absolute Gasteiger partial charge is 0.482 e. The van der Waals surface area contributed by atoms with Gasteiger partial charge in [0.1, 0.15) is 12.3 Å². The van der Waals surface area contributed by atoms with E-state index < -0.39 is 12.3 Å². The van der Waals surface area contributed by atoms with E-state index in [1.165, 1.54) is 0 Å². The van der Waals surface area contributed by atoms with E-state index in [-0.39, 0.29) is 12.2 Å². The molecule has 174 valence electrons. The van der Waals surface area contributed by atoms with Crippen LogP contribution in [0.1, 0.15) is 37.1 Å². The van der Waals surface area contributed by atoms with E-state index in [0.29, 0.717) is 22.9 Å². The van der Waals surface area contributed by atoms with Crippen LogP contribution in [-0.4, -0.2) is 36.8 Å². The van der Waals surface area contributed by atoms with Crippen LogP contribution in [0.4, 0.5) is 10.2 Å². The summed E-state index contributed by atoms with van der Waals surface area (Å²) in [6.07, 6.45) is 8.23. The summed E-state index contributed by atoms with van der Waals surface area (Å²) in [6.45, 7) is 4.61. The van der Waals surface area contributed by atoms with Crippen molar-refractivity contribution >= 4 is 38.9 Å². The van der Waals surface area contributed by atoms with Gasteiger partial charge in [0.15, 0.2) is 16.7 Å². The minimum atomic E-state index is -1.10. The van der Waals surface area contributed by atoms with Crippen LogP contribution in [0.25, 0.3) is 5.57 Å². The predicted molar refractivity (Wildman–Crippen MR) is 131 cm³/mol. The van der Waals surface area contributed by atoms with Crippen LogP contribution in [0.5, 0.6) is 5.75 Å². The third-order valence-corrected chi connectivity index (χ3v) is 6.21. The Morgan fingerprint density at radius 3 is 2.85 bits per heavy atom. The lowest BCUT2D eigenvalue weighted by atomic mass is 9.89. The minimum Gasteiger partial charge on any atom is -0.482 e. The highest BCUT2D eigenvalue weighted by atomic mass is 79.9. The first-order chi connectivity index (χ1) is 15.7. The number of allylic oxidation sites excluding steroid dienone is 2. The van der Waals surface area contributed by atoms with Crippen LogP contribution >= 0.6 is 27.5 Å². The average molecular weight is 536 g/mol. The Morgan fingerprint density at radius 1 is 1.33 bits per heavy atom. The van der Waals surface area contributed by atoms with Gasteiger partial charge in [-0.25, -0.2) is 9.37 Å². The van der Waals surface area contributed by atoms with Gasteiger partial charge in [0.25, 0.3) is 0 Å². The van der Waals surface area contributed by atoms with Crippen molar-refractivity contribution in [3.63, 3.8) is 0 Å². The SMILES string of the molecule is CCn1cc(Cc2cn(C)nc2C2=CCC(F)C=C2[C@@H](C)Oc2cc(Br)cnc2N)c(Cl)n1. The molecule has 0 saturated heterocycles. The number of hydrogen-bond donors (Lipinski definition) is 1. The molecule has 7 nitrogen and oxygen atoms in total. The molecule has 0 amide bonds. The number of halogens is 3. The zero-order valence-corrected chi connectivity index (χ0v) is 20.9. The summed E-state index contributed by atoms with van der Waals surface area (Å²) < 4.78 is 24.8. The maximum Gasteiger partial charge on any atom is 0.166 e. The Bertz CT molecular complexity index is 1230. The number of rotatable bonds is 7. The molecule has 2 atom stereocenters. The van der Waals surface area contributed by atoms with Gasteiger partial charge in [0, 0.05) is 71.8 Å². The molecule has 2 N–H and O–H groups in total. The Balaban J connectivity index is 1.66. The zero-order valence-electron chi connectivity index (χ0n) is 18.6. The number of nitrogens with zero attached hydrogens (tertiary/aromatic N) is 5. The second-order valence-electron chi connectivity index (χ2n) is 7.94. The van der Waals surface area contributed by atoms with Crippen LogP contribution in [0.3, 0.4) is 0 Å². The van der Waals surface area contributed by atoms with Crippen LogP contribution < -0.4 is 10.5 Å². The zero-order chi connectivity index (χ0) is 23.7. The van der Waals surface area contributed by atoms with E-state index in [2.05, 4.69) is 26.0 Å². The van der Waals surface area contributed by atoms with Crippen molar-refractivity contribution in [1.82, 2.24) is 24.5 Å². The summed E-state index contributed by atoms with van der Waals surface area (Å²) in [4.78, 5) is 4.11. The van der Waals surface area contributed by atoms with E-state index >= 15 is 0 Å². The highest BCUT2D eigenvalue weighted by Crippen LogP contribution is 2.36. The molecule has 0 radical (unpaired) electrons. The lowest BCUT2D eigenvalue weighted by molar-refractivity contribution is 0.259. The quantitative estimate of drug-likeness (QED) is 0.453. The fourth-order valence-electron chi connectivity index (χ4n) is 3.89. The molecule has 33 heavy (non-hydrogen) atoms. The molecular weight excluding hydrogens is 511 g/mol. The van der Waals surface area contributed by atoms with Crippen LogP contribution in [-0.2, 0) is 20.0 Å². The molecule has 0 aliphatic heterocycles. The van der Waals surface area contributed by atoms with E-state index in [1.807, 2.05) is 39.4 Å². The number of aromatic nitrogens is 5. The van der Waals surface area contributed by atoms with E-state index in [0.717, 1.165) is 33.4 Å². The van der Waals surface area contributed by atoms with Crippen LogP contribution in [0.2, 0.25) is 5.15 Å². The van der Waals surface area contributed by atoms with Gasteiger partial charge in [-0.05, 0) is 41.9 Å². The van der Waals surface area contributed by atoms with Crippen molar-refractivity contribution in [2.45, 2.75) is 45.5 Å². The summed E-state index contributed by atoms with van der Waals surface area (Å²) in [5.74, 6) is 0.697. The maximum absolute atomic E-state index is 14.4. The average Bonchev–Trinajstić information content (AvgIpc) is 3.32. The summed E-state index contributed by atoms with van der Waals surface area (Å²) in [5, 5.41) is 9.50. The molecule has 3 heterocycles. The standard InChI is InChI=1S/C23H25BrClFN6O/c1-4-32-12-15(22(25)30-32)7-14-11-31(3)29-21(14)18-6-5-17(26)9-19(18)13(2)33-20-8-16(24)10-28-23(20)27/h6,8-13,17H,4-5,7H2,1-3H3,(H2,27,28)/t13-,17?/m1/s1. The molecule has 3 aromatic rings. The highest BCUT2D eigenvalue weighted by molar-refractivity contribution is 9.10. The van der Waals surface area contributed by atoms with Crippen molar-refractivity contribution in [3.8, 4) is 5.75 Å². The summed E-state index contributed by atoms with van der Waals surface area (Å²) in [7, 11) is 1.86. The second kappa shape index (κ2) is 9.69. The van der Waals surface area contributed by atoms with Gasteiger partial charge in [-0.2, -0.15) is 10.2 Å². The van der Waals surface area contributed by atoms with Gasteiger partial charge in [-0.15, -0.1) is 0 Å². The Morgan fingerprint density at radius 2 is 2.12 bits per heavy atom. The molecule has 0 aromatic carbocycles. The van der Waals surface area contributed by atoms with Gasteiger partial charge in [-0.3, -0.25) is 9.36 Å². The van der Waals surface area contributed by atoms with E-state index in [1.54, 1.807) is 27.7 Å². The number of alkyl halides is 1. The fraction of sp³-hybridized carbons (Fsp3) is 0.348. The first-order valence-corrected chi connectivity index (χ1v) is 11.8. The number of ether oxygens (including phenoxy) is 1. The normalized spacial score (nSPS) is 17.0. The Kier molecular flexibility index (Phi) is 6.90. The van der Waals surface area contributed by atoms with Crippen molar-refractivity contribution in [2.75, 3.05) is 5.73 Å². The maximum atomic E-state index is 14.4. The molecule has 0 bridgehead atoms. The monoisotopic (exact) mass is 534 g/mol. The van der Waals surface area contributed by atoms with Gasteiger partial charge >= 0.3 is 0 Å². The number of anilines is 1. The van der Waals surface area contributed by atoms with Crippen molar-refractivity contribution in [3.05, 3.63) is 68.8 Å². The first kappa shape index (κ1) is 23.5. The molecule has 0 saturated carbocycles. The topological polar surface area (TPSA) is 83.8 Å². The fourth-order valence-corrected chi connectivity index (χ4v) is 4.41. The van der Waals surface area contributed by atoms with Gasteiger partial charge < -0.3 is 10.5 Å². The molecule has 4 rings (SSSR count). The third-order valence-electron chi connectivity index (χ3n) is 5.46. The highest BCUT2D eigenvalue weighted by Gasteiger charge is 2.27. The van der Waals surface area contributed by atoms with E-state index in [4.69, 9.17) is 27.2 Å². The number of nitrogen functional groups attached to an aromatic ring is 1. The summed E-state index contributed by atoms with van der Waals surface area (Å²) >= 11 is 9.74. The lowest BCUT2D eigenvalue weighted by Gasteiger charge is -2.24. The lowest BCUT2D eigenvalue weighted by Crippen LogP contribution is -2.21. The van der Waals surface area contributed by atoms with Gasteiger partial charge in [0.05, 0.1) is 5.69 Å². The minimum absolute atomic E-state index is 0.268. The number of hydrogen-bond acceptors (Lipinski definition) is 5. The number of aryl methyl sites for hydroxylation is 2. The second-order valence-corrected chi connectivity index (χ2v) is 9.22. The number of pyridine rings is 1. The molecular formula is C23H25BrClFN6O. The van der Waals surface area contributed by atoms with Crippen molar-refractivity contribution in [2.24, 2.45) is 7.05 Å². The number of nitrogens with two attached hydrogens (primary N) is 1. The molecule has 1 unspecified atom stereocenters. The summed E-state index contributed by atoms with van der Waals surface area (Å²) in [6, 6.07) is 1.75. The van der Waals surface area contributed by atoms with Crippen LogP contribution in [0.15, 0.2) is 46.9 Å². The molecule has 10 heteroatoms. The van der Waals surface area contributed by atoms with Gasteiger partial charge in [-0.1, -0.05) is 17.7 Å². The molecule has 0 spiro atoms. The first-order valence-electron chi connectivity index (χ1n) is 10.6. The van der Waals surface area contributed by atoms with Crippen molar-refractivity contribution < 1.29 is 9.13 Å². The Hall–Kier alpha value is -2.65. The van der Waals surface area contributed by atoms with Gasteiger partial charge in [0.2, 0.25) is 0 Å². The van der Waals surface area contributed by atoms with Crippen molar-refractivity contribution in [1.29, 1.82) is 0 Å². The summed E-state index contributed by atoms with van der Waals surface area (Å²) in [5.41, 5.74) is 10.2. The Labute approximate surface area is 205 Å². The van der Waals surface area contributed by atoms with E-state index in [9.17, 15) is 4.39 Å².